The number of carbonyl (C=O) groups is 2. The molecule has 0 aliphatic heterocycles. The summed E-state index contributed by atoms with van der Waals surface area (Å²) in [6, 6.07) is 16.0. The molecule has 0 aliphatic carbocycles. The lowest BCUT2D eigenvalue weighted by molar-refractivity contribution is -0.121. The Morgan fingerprint density at radius 2 is 1.75 bits per heavy atom. The summed E-state index contributed by atoms with van der Waals surface area (Å²) >= 11 is 7.32. The van der Waals surface area contributed by atoms with E-state index >= 15 is 0 Å². The third kappa shape index (κ3) is 5.41. The summed E-state index contributed by atoms with van der Waals surface area (Å²) in [4.78, 5) is 25.4. The molecule has 2 aromatic carbocycles. The number of carbonyl (C=O) groups excluding carboxylic acids is 2. The van der Waals surface area contributed by atoms with Gasteiger partial charge in [-0.1, -0.05) is 29.8 Å². The topological polar surface area (TPSA) is 58.2 Å². The fourth-order valence-electron chi connectivity index (χ4n) is 2.66. The zero-order valence-electron chi connectivity index (χ0n) is 14.8. The third-order valence-electron chi connectivity index (χ3n) is 4.08. The van der Waals surface area contributed by atoms with Crippen molar-refractivity contribution in [2.45, 2.75) is 12.5 Å². The molecule has 0 saturated heterocycles. The Kier molecular flexibility index (Phi) is 6.79. The van der Waals surface area contributed by atoms with Crippen molar-refractivity contribution >= 4 is 34.8 Å². The van der Waals surface area contributed by atoms with E-state index in [4.69, 9.17) is 11.6 Å². The molecule has 28 heavy (non-hydrogen) atoms. The lowest BCUT2D eigenvalue weighted by atomic mass is 10.1. The van der Waals surface area contributed by atoms with Gasteiger partial charge in [-0.15, -0.1) is 11.3 Å². The first kappa shape index (κ1) is 20.0. The maximum atomic E-state index is 13.2. The van der Waals surface area contributed by atoms with E-state index in [9.17, 15) is 14.0 Å². The summed E-state index contributed by atoms with van der Waals surface area (Å²) in [6.07, 6.45) is 0.127. The van der Waals surface area contributed by atoms with Crippen LogP contribution in [0.3, 0.4) is 0 Å². The number of benzene rings is 2. The van der Waals surface area contributed by atoms with Gasteiger partial charge in [0.1, 0.15) is 5.82 Å². The molecule has 3 aromatic rings. The number of amides is 2. The highest BCUT2D eigenvalue weighted by atomic mass is 35.5. The smallest absolute Gasteiger partial charge is 0.251 e. The summed E-state index contributed by atoms with van der Waals surface area (Å²) in [5.41, 5.74) is 1.27. The lowest BCUT2D eigenvalue weighted by Gasteiger charge is -2.18. The zero-order chi connectivity index (χ0) is 19.9. The summed E-state index contributed by atoms with van der Waals surface area (Å²) < 4.78 is 13.2. The normalized spacial score (nSPS) is 11.6. The molecule has 0 saturated carbocycles. The molecule has 0 radical (unpaired) electrons. The molecular weight excluding hydrogens is 399 g/mol. The highest BCUT2D eigenvalue weighted by molar-refractivity contribution is 7.10. The number of thiophene rings is 1. The second-order valence-electron chi connectivity index (χ2n) is 6.08. The van der Waals surface area contributed by atoms with Gasteiger partial charge in [-0.3, -0.25) is 9.59 Å². The Morgan fingerprint density at radius 1 is 1.04 bits per heavy atom. The largest absolute Gasteiger partial charge is 0.352 e. The molecule has 1 atom stereocenters. The number of hydrogen-bond donors (Lipinski definition) is 2. The van der Waals surface area contributed by atoms with Gasteiger partial charge < -0.3 is 10.6 Å². The number of halogens is 2. The van der Waals surface area contributed by atoms with Gasteiger partial charge in [0, 0.05) is 28.4 Å². The van der Waals surface area contributed by atoms with Gasteiger partial charge in [-0.25, -0.2) is 4.39 Å². The Morgan fingerprint density at radius 3 is 2.39 bits per heavy atom. The molecule has 7 heteroatoms. The van der Waals surface area contributed by atoms with Crippen LogP contribution in [0.4, 0.5) is 4.39 Å². The average Bonchev–Trinajstić information content (AvgIpc) is 3.22. The maximum absolute atomic E-state index is 13.2. The van der Waals surface area contributed by atoms with Crippen LogP contribution in [0.2, 0.25) is 5.02 Å². The number of rotatable bonds is 7. The highest BCUT2D eigenvalue weighted by Crippen LogP contribution is 2.26. The molecule has 0 aliphatic rings. The minimum absolute atomic E-state index is 0.127. The average molecular weight is 417 g/mol. The minimum Gasteiger partial charge on any atom is -0.352 e. The van der Waals surface area contributed by atoms with Gasteiger partial charge in [-0.2, -0.15) is 0 Å². The van der Waals surface area contributed by atoms with E-state index in [1.54, 1.807) is 36.4 Å². The molecule has 0 spiro atoms. The molecule has 3 rings (SSSR count). The van der Waals surface area contributed by atoms with E-state index in [1.165, 1.54) is 23.5 Å². The van der Waals surface area contributed by atoms with Gasteiger partial charge in [0.15, 0.2) is 0 Å². The van der Waals surface area contributed by atoms with E-state index in [1.807, 2.05) is 17.5 Å². The Hall–Kier alpha value is -2.70. The van der Waals surface area contributed by atoms with Gasteiger partial charge in [-0.05, 0) is 53.4 Å². The third-order valence-corrected chi connectivity index (χ3v) is 5.27. The van der Waals surface area contributed by atoms with Crippen LogP contribution in [0, 0.1) is 5.82 Å². The van der Waals surface area contributed by atoms with Gasteiger partial charge >= 0.3 is 0 Å². The van der Waals surface area contributed by atoms with Gasteiger partial charge in [0.05, 0.1) is 6.04 Å². The molecule has 1 aromatic heterocycles. The van der Waals surface area contributed by atoms with Crippen molar-refractivity contribution in [3.63, 3.8) is 0 Å². The van der Waals surface area contributed by atoms with E-state index in [0.29, 0.717) is 10.6 Å². The standard InChI is InChI=1S/C21H18ClFN2O2S/c22-16-7-3-15(4-8-16)21(27)24-12-11-19(26)25-20(18-2-1-13-28-18)14-5-9-17(23)10-6-14/h1-10,13,20H,11-12H2,(H,24,27)(H,25,26). The van der Waals surface area contributed by atoms with E-state index in [-0.39, 0.29) is 36.6 Å². The first-order valence-electron chi connectivity index (χ1n) is 8.65. The Bertz CT molecular complexity index is 928. The van der Waals surface area contributed by atoms with Crippen molar-refractivity contribution in [2.24, 2.45) is 0 Å². The van der Waals surface area contributed by atoms with E-state index in [0.717, 1.165) is 10.4 Å². The first-order valence-corrected chi connectivity index (χ1v) is 9.90. The van der Waals surface area contributed by atoms with E-state index in [2.05, 4.69) is 10.6 Å². The summed E-state index contributed by atoms with van der Waals surface area (Å²) in [5, 5.41) is 8.14. The SMILES string of the molecule is O=C(CCNC(=O)c1ccc(Cl)cc1)NC(c1ccc(F)cc1)c1cccs1. The first-order chi connectivity index (χ1) is 13.5. The molecule has 1 heterocycles. The van der Waals surface area contributed by atoms with Crippen molar-refractivity contribution in [3.8, 4) is 0 Å². The molecule has 2 N–H and O–H groups in total. The Balaban J connectivity index is 1.57. The fraction of sp³-hybridized carbons (Fsp3) is 0.143. The maximum Gasteiger partial charge on any atom is 0.251 e. The molecule has 1 unspecified atom stereocenters. The van der Waals surface area contributed by atoms with Gasteiger partial charge in [0.2, 0.25) is 5.91 Å². The molecule has 0 fully saturated rings. The van der Waals surface area contributed by atoms with Crippen molar-refractivity contribution in [2.75, 3.05) is 6.54 Å². The van der Waals surface area contributed by atoms with Crippen LogP contribution in [0.5, 0.6) is 0 Å². The second-order valence-corrected chi connectivity index (χ2v) is 7.50. The predicted octanol–water partition coefficient (Wildman–Crippen LogP) is 4.57. The molecule has 4 nitrogen and oxygen atoms in total. The molecule has 144 valence electrons. The van der Waals surface area contributed by atoms with Crippen LogP contribution in [-0.4, -0.2) is 18.4 Å². The van der Waals surface area contributed by atoms with Crippen LogP contribution >= 0.6 is 22.9 Å². The van der Waals surface area contributed by atoms with Crippen molar-refractivity contribution in [1.82, 2.24) is 10.6 Å². The predicted molar refractivity (Wildman–Crippen MR) is 109 cm³/mol. The van der Waals surface area contributed by atoms with Crippen LogP contribution in [0.15, 0.2) is 66.0 Å². The monoisotopic (exact) mass is 416 g/mol. The summed E-state index contributed by atoms with van der Waals surface area (Å²) in [7, 11) is 0. The number of hydrogen-bond acceptors (Lipinski definition) is 3. The quantitative estimate of drug-likeness (QED) is 0.593. The Labute approximate surface area is 171 Å². The van der Waals surface area contributed by atoms with Crippen LogP contribution < -0.4 is 10.6 Å². The minimum atomic E-state index is -0.361. The van der Waals surface area contributed by atoms with Crippen molar-refractivity contribution in [1.29, 1.82) is 0 Å². The van der Waals surface area contributed by atoms with Crippen LogP contribution in [0.25, 0.3) is 0 Å². The van der Waals surface area contributed by atoms with Gasteiger partial charge in [0.25, 0.3) is 5.91 Å². The molecule has 2 amide bonds. The van der Waals surface area contributed by atoms with Crippen molar-refractivity contribution in [3.05, 3.63) is 92.9 Å². The molecule has 0 bridgehead atoms. The summed E-state index contributed by atoms with van der Waals surface area (Å²) in [6.45, 7) is 0.202. The zero-order valence-corrected chi connectivity index (χ0v) is 16.4. The van der Waals surface area contributed by atoms with E-state index < -0.39 is 0 Å². The van der Waals surface area contributed by atoms with Crippen LogP contribution in [0.1, 0.15) is 33.3 Å². The lowest BCUT2D eigenvalue weighted by Crippen LogP contribution is -2.33. The summed E-state index contributed by atoms with van der Waals surface area (Å²) in [5.74, 6) is -0.804. The van der Waals surface area contributed by atoms with Crippen molar-refractivity contribution < 1.29 is 14.0 Å². The van der Waals surface area contributed by atoms with Crippen LogP contribution in [-0.2, 0) is 4.79 Å². The highest BCUT2D eigenvalue weighted by Gasteiger charge is 2.18. The fourth-order valence-corrected chi connectivity index (χ4v) is 3.58. The number of nitrogens with one attached hydrogen (secondary N) is 2. The second kappa shape index (κ2) is 9.48. The molecular formula is C21H18ClFN2O2S.